The Morgan fingerprint density at radius 2 is 1.96 bits per heavy atom. The van der Waals surface area contributed by atoms with Gasteiger partial charge in [-0.2, -0.15) is 10.5 Å². The predicted octanol–water partition coefficient (Wildman–Crippen LogP) is 2.41. The van der Waals surface area contributed by atoms with Gasteiger partial charge in [0.05, 0.1) is 25.0 Å². The highest BCUT2D eigenvalue weighted by Gasteiger charge is 2.14. The smallest absolute Gasteiger partial charge is 0.157 e. The Morgan fingerprint density at radius 1 is 1.21 bits per heavy atom. The highest BCUT2D eigenvalue weighted by molar-refractivity contribution is 7.09. The lowest BCUT2D eigenvalue weighted by atomic mass is 10.3. The molecule has 0 amide bonds. The fourth-order valence-corrected chi connectivity index (χ4v) is 2.94. The molecule has 2 aromatic rings. The summed E-state index contributed by atoms with van der Waals surface area (Å²) in [4.78, 5) is 11.6. The number of hydrogen-bond acceptors (Lipinski definition) is 8. The Labute approximate surface area is 145 Å². The first-order valence-electron chi connectivity index (χ1n) is 7.61. The summed E-state index contributed by atoms with van der Waals surface area (Å²) in [6.45, 7) is 1.68. The third kappa shape index (κ3) is 4.83. The van der Waals surface area contributed by atoms with Crippen LogP contribution in [0.5, 0.6) is 0 Å². The molecule has 7 nitrogen and oxygen atoms in total. The minimum atomic E-state index is 0.343. The van der Waals surface area contributed by atoms with E-state index in [9.17, 15) is 0 Å². The maximum Gasteiger partial charge on any atom is 0.157 e. The van der Waals surface area contributed by atoms with E-state index in [4.69, 9.17) is 16.3 Å². The Balaban J connectivity index is 2.06. The average molecular weight is 341 g/mol. The van der Waals surface area contributed by atoms with Crippen LogP contribution in [-0.2, 0) is 6.42 Å². The van der Waals surface area contributed by atoms with Gasteiger partial charge in [-0.1, -0.05) is 6.07 Å². The molecule has 3 N–H and O–H groups in total. The Bertz CT molecular complexity index is 697. The van der Waals surface area contributed by atoms with Crippen LogP contribution in [0.4, 0.5) is 17.3 Å². The molecule has 0 saturated carbocycles. The van der Waals surface area contributed by atoms with E-state index in [1.54, 1.807) is 11.3 Å². The molecule has 2 heterocycles. The molecule has 0 aliphatic heterocycles. The first kappa shape index (κ1) is 17.5. The Morgan fingerprint density at radius 3 is 2.58 bits per heavy atom. The zero-order chi connectivity index (χ0) is 17.2. The summed E-state index contributed by atoms with van der Waals surface area (Å²) in [5, 5.41) is 22.9. The van der Waals surface area contributed by atoms with Crippen LogP contribution in [0.25, 0.3) is 0 Å². The van der Waals surface area contributed by atoms with Crippen molar-refractivity contribution in [3.8, 4) is 12.1 Å². The third-order valence-corrected chi connectivity index (χ3v) is 4.33. The molecular weight excluding hydrogens is 322 g/mol. The number of nitrogens with two attached hydrogens (primary N) is 1. The highest BCUT2D eigenvalue weighted by Crippen LogP contribution is 2.26. The molecule has 0 unspecified atom stereocenters. The van der Waals surface area contributed by atoms with E-state index in [0.29, 0.717) is 43.3 Å². The first-order chi connectivity index (χ1) is 11.8. The predicted molar refractivity (Wildman–Crippen MR) is 95.6 cm³/mol. The van der Waals surface area contributed by atoms with E-state index in [1.165, 1.54) is 11.2 Å². The summed E-state index contributed by atoms with van der Waals surface area (Å²) < 4.78 is 0. The van der Waals surface area contributed by atoms with Crippen molar-refractivity contribution < 1.29 is 0 Å². The van der Waals surface area contributed by atoms with Crippen molar-refractivity contribution in [1.82, 2.24) is 9.97 Å². The molecule has 24 heavy (non-hydrogen) atoms. The standard InChI is InChI=1S/C16H19N7S/c17-6-2-9-23(10-3-7-18)16-14(19)15(21-12-22-16)20-8-5-13-4-1-11-24-13/h1,4,11-12H,2-3,5,8-10,19H2,(H,20,21,22). The molecule has 0 bridgehead atoms. The normalized spacial score (nSPS) is 9.92. The molecule has 0 fully saturated rings. The maximum absolute atomic E-state index is 8.80. The fourth-order valence-electron chi connectivity index (χ4n) is 2.23. The van der Waals surface area contributed by atoms with Crippen LogP contribution < -0.4 is 16.0 Å². The fraction of sp³-hybridized carbons (Fsp3) is 0.375. The molecule has 8 heteroatoms. The van der Waals surface area contributed by atoms with Crippen LogP contribution in [0.15, 0.2) is 23.8 Å². The number of rotatable bonds is 9. The lowest BCUT2D eigenvalue weighted by molar-refractivity contribution is 0.781. The molecular formula is C16H19N7S. The second-order valence-corrected chi connectivity index (χ2v) is 6.05. The van der Waals surface area contributed by atoms with E-state index in [2.05, 4.69) is 38.9 Å². The van der Waals surface area contributed by atoms with Crippen molar-refractivity contribution in [1.29, 1.82) is 10.5 Å². The molecule has 0 saturated heterocycles. The quantitative estimate of drug-likeness (QED) is 0.719. The summed E-state index contributed by atoms with van der Waals surface area (Å²) in [5.41, 5.74) is 6.64. The minimum absolute atomic E-state index is 0.343. The summed E-state index contributed by atoms with van der Waals surface area (Å²) >= 11 is 1.72. The lowest BCUT2D eigenvalue weighted by Gasteiger charge is -2.23. The van der Waals surface area contributed by atoms with E-state index in [-0.39, 0.29) is 0 Å². The number of thiophene rings is 1. The first-order valence-corrected chi connectivity index (χ1v) is 8.49. The molecule has 0 spiro atoms. The van der Waals surface area contributed by atoms with Crippen molar-refractivity contribution in [2.24, 2.45) is 0 Å². The lowest BCUT2D eigenvalue weighted by Crippen LogP contribution is -2.27. The number of aromatic nitrogens is 2. The number of anilines is 3. The zero-order valence-electron chi connectivity index (χ0n) is 13.3. The molecule has 0 atom stereocenters. The van der Waals surface area contributed by atoms with E-state index >= 15 is 0 Å². The van der Waals surface area contributed by atoms with E-state index in [0.717, 1.165) is 13.0 Å². The van der Waals surface area contributed by atoms with Gasteiger partial charge in [0.15, 0.2) is 11.6 Å². The third-order valence-electron chi connectivity index (χ3n) is 3.39. The molecule has 0 aromatic carbocycles. The number of nitrogens with zero attached hydrogens (tertiary/aromatic N) is 5. The van der Waals surface area contributed by atoms with Crippen LogP contribution in [0.2, 0.25) is 0 Å². The summed E-state index contributed by atoms with van der Waals surface area (Å²) in [5.74, 6) is 1.14. The van der Waals surface area contributed by atoms with Crippen molar-refractivity contribution in [3.63, 3.8) is 0 Å². The van der Waals surface area contributed by atoms with Crippen LogP contribution in [0, 0.1) is 22.7 Å². The summed E-state index contributed by atoms with van der Waals surface area (Å²) in [6.07, 6.45) is 3.03. The minimum Gasteiger partial charge on any atom is -0.393 e. The molecule has 2 rings (SSSR count). The second kappa shape index (κ2) is 9.33. The van der Waals surface area contributed by atoms with E-state index < -0.39 is 0 Å². The molecule has 2 aromatic heterocycles. The SMILES string of the molecule is N#CCCN(CCC#N)c1ncnc(NCCc2cccs2)c1N. The van der Waals surface area contributed by atoms with Gasteiger partial charge in [-0.25, -0.2) is 9.97 Å². The van der Waals surface area contributed by atoms with Crippen molar-refractivity contribution in [2.75, 3.05) is 35.6 Å². The monoisotopic (exact) mass is 341 g/mol. The van der Waals surface area contributed by atoms with Gasteiger partial charge in [0.1, 0.15) is 12.0 Å². The second-order valence-electron chi connectivity index (χ2n) is 5.02. The topological polar surface area (TPSA) is 115 Å². The summed E-state index contributed by atoms with van der Waals surface area (Å²) in [6, 6.07) is 8.33. The van der Waals surface area contributed by atoms with Gasteiger partial charge in [-0.15, -0.1) is 11.3 Å². The van der Waals surface area contributed by atoms with Crippen molar-refractivity contribution >= 4 is 28.7 Å². The van der Waals surface area contributed by atoms with Gasteiger partial charge in [0.2, 0.25) is 0 Å². The van der Waals surface area contributed by atoms with Gasteiger partial charge in [-0.3, -0.25) is 0 Å². The number of nitriles is 2. The Kier molecular flexibility index (Phi) is 6.81. The largest absolute Gasteiger partial charge is 0.393 e. The van der Waals surface area contributed by atoms with Gasteiger partial charge in [0.25, 0.3) is 0 Å². The van der Waals surface area contributed by atoms with Gasteiger partial charge in [-0.05, 0) is 17.9 Å². The summed E-state index contributed by atoms with van der Waals surface area (Å²) in [7, 11) is 0. The van der Waals surface area contributed by atoms with Crippen LogP contribution in [0.1, 0.15) is 17.7 Å². The van der Waals surface area contributed by atoms with Gasteiger partial charge >= 0.3 is 0 Å². The number of nitrogens with one attached hydrogen (secondary N) is 1. The molecule has 0 aliphatic rings. The zero-order valence-corrected chi connectivity index (χ0v) is 14.1. The average Bonchev–Trinajstić information content (AvgIpc) is 3.10. The highest BCUT2D eigenvalue weighted by atomic mass is 32.1. The van der Waals surface area contributed by atoms with Crippen LogP contribution >= 0.6 is 11.3 Å². The Hall–Kier alpha value is -2.84. The van der Waals surface area contributed by atoms with E-state index in [1.807, 2.05) is 11.0 Å². The van der Waals surface area contributed by atoms with Crippen molar-refractivity contribution in [2.45, 2.75) is 19.3 Å². The molecule has 0 radical (unpaired) electrons. The van der Waals surface area contributed by atoms with Crippen LogP contribution in [0.3, 0.4) is 0 Å². The van der Waals surface area contributed by atoms with Crippen molar-refractivity contribution in [3.05, 3.63) is 28.7 Å². The number of hydrogen-bond donors (Lipinski definition) is 2. The van der Waals surface area contributed by atoms with Crippen LogP contribution in [-0.4, -0.2) is 29.6 Å². The maximum atomic E-state index is 8.80. The van der Waals surface area contributed by atoms with Gasteiger partial charge < -0.3 is 16.0 Å². The van der Waals surface area contributed by atoms with Gasteiger partial charge in [0, 0.05) is 24.5 Å². The number of nitrogen functional groups attached to an aromatic ring is 1. The molecule has 0 aliphatic carbocycles. The molecule has 124 valence electrons.